The van der Waals surface area contributed by atoms with Gasteiger partial charge in [0.25, 0.3) is 0 Å². The predicted octanol–water partition coefficient (Wildman–Crippen LogP) is 3.88. The first kappa shape index (κ1) is 13.5. The third kappa shape index (κ3) is 2.68. The van der Waals surface area contributed by atoms with Crippen LogP contribution in [0, 0.1) is 6.92 Å². The summed E-state index contributed by atoms with van der Waals surface area (Å²) in [5.41, 5.74) is 2.67. The zero-order valence-electron chi connectivity index (χ0n) is 11.3. The largest absolute Gasteiger partial charge is 0.476 e. The van der Waals surface area contributed by atoms with Gasteiger partial charge in [-0.1, -0.05) is 36.4 Å². The maximum Gasteiger partial charge on any atom is 0.356 e. The van der Waals surface area contributed by atoms with E-state index in [-0.39, 0.29) is 5.69 Å². The fourth-order valence-corrected chi connectivity index (χ4v) is 2.99. The average molecular weight is 296 g/mol. The molecule has 0 aliphatic carbocycles. The zero-order valence-corrected chi connectivity index (χ0v) is 12.1. The highest BCUT2D eigenvalue weighted by Crippen LogP contribution is 2.34. The summed E-state index contributed by atoms with van der Waals surface area (Å²) < 4.78 is 0. The number of aromatic carboxylic acids is 1. The lowest BCUT2D eigenvalue weighted by atomic mass is 10.1. The van der Waals surface area contributed by atoms with Crippen LogP contribution in [0.4, 0.5) is 0 Å². The highest BCUT2D eigenvalue weighted by atomic mass is 32.1. The van der Waals surface area contributed by atoms with Crippen LogP contribution in [0.2, 0.25) is 0 Å². The molecule has 1 N–H and O–H groups in total. The fourth-order valence-electron chi connectivity index (χ4n) is 1.95. The minimum absolute atomic E-state index is 0.0728. The number of benzene rings is 1. The van der Waals surface area contributed by atoms with Crippen molar-refractivity contribution in [2.45, 2.75) is 6.92 Å². The molecular formula is C16H12N2O2S. The van der Waals surface area contributed by atoms with Crippen LogP contribution in [0.15, 0.2) is 48.7 Å². The van der Waals surface area contributed by atoms with Crippen LogP contribution in [0.1, 0.15) is 16.1 Å². The Balaban J connectivity index is 2.13. The molecule has 2 aromatic heterocycles. The smallest absolute Gasteiger partial charge is 0.356 e. The summed E-state index contributed by atoms with van der Waals surface area (Å²) in [6, 6.07) is 13.2. The van der Waals surface area contributed by atoms with E-state index in [9.17, 15) is 9.90 Å². The zero-order chi connectivity index (χ0) is 14.8. The first-order valence-electron chi connectivity index (χ1n) is 6.38. The molecule has 0 spiro atoms. The number of aryl methyl sites for hydroxylation is 1. The predicted molar refractivity (Wildman–Crippen MR) is 82.5 cm³/mol. The van der Waals surface area contributed by atoms with Crippen molar-refractivity contribution in [2.24, 2.45) is 0 Å². The van der Waals surface area contributed by atoms with Crippen molar-refractivity contribution in [3.63, 3.8) is 0 Å². The van der Waals surface area contributed by atoms with Crippen LogP contribution >= 0.6 is 11.3 Å². The molecule has 104 valence electrons. The molecule has 0 aliphatic heterocycles. The van der Waals surface area contributed by atoms with Crippen LogP contribution in [-0.2, 0) is 0 Å². The van der Waals surface area contributed by atoms with Gasteiger partial charge in [0.15, 0.2) is 5.69 Å². The SMILES string of the molecule is Cc1ccc(-c2nc(C(=O)O)c(-c3ccccc3)s2)nc1. The van der Waals surface area contributed by atoms with Crippen molar-refractivity contribution in [3.8, 4) is 21.1 Å². The summed E-state index contributed by atoms with van der Waals surface area (Å²) >= 11 is 1.35. The molecule has 0 saturated carbocycles. The molecular weight excluding hydrogens is 284 g/mol. The molecule has 0 atom stereocenters. The summed E-state index contributed by atoms with van der Waals surface area (Å²) in [4.78, 5) is 20.6. The molecule has 1 aromatic carbocycles. The molecule has 3 aromatic rings. The number of aromatic nitrogens is 2. The Hall–Kier alpha value is -2.53. The molecule has 0 bridgehead atoms. The quantitative estimate of drug-likeness (QED) is 0.796. The van der Waals surface area contributed by atoms with Gasteiger partial charge in [0.05, 0.1) is 10.6 Å². The molecule has 0 saturated heterocycles. The van der Waals surface area contributed by atoms with Gasteiger partial charge in [0.1, 0.15) is 5.01 Å². The normalized spacial score (nSPS) is 10.5. The lowest BCUT2D eigenvalue weighted by molar-refractivity contribution is 0.0692. The van der Waals surface area contributed by atoms with E-state index in [1.54, 1.807) is 6.20 Å². The Bertz CT molecular complexity index is 780. The van der Waals surface area contributed by atoms with Crippen molar-refractivity contribution in [1.82, 2.24) is 9.97 Å². The van der Waals surface area contributed by atoms with E-state index >= 15 is 0 Å². The second kappa shape index (κ2) is 5.46. The number of nitrogens with zero attached hydrogens (tertiary/aromatic N) is 2. The molecule has 5 heteroatoms. The van der Waals surface area contributed by atoms with Gasteiger partial charge in [0, 0.05) is 6.20 Å². The van der Waals surface area contributed by atoms with Crippen LogP contribution in [0.5, 0.6) is 0 Å². The summed E-state index contributed by atoms with van der Waals surface area (Å²) in [7, 11) is 0. The van der Waals surface area contributed by atoms with Crippen LogP contribution < -0.4 is 0 Å². The maximum atomic E-state index is 11.4. The Labute approximate surface area is 125 Å². The Morgan fingerprint density at radius 1 is 1.14 bits per heavy atom. The Morgan fingerprint density at radius 2 is 1.90 bits per heavy atom. The Kier molecular flexibility index (Phi) is 3.50. The number of hydrogen-bond acceptors (Lipinski definition) is 4. The number of hydrogen-bond donors (Lipinski definition) is 1. The lowest BCUT2D eigenvalue weighted by Crippen LogP contribution is -1.98. The summed E-state index contributed by atoms with van der Waals surface area (Å²) in [6.45, 7) is 1.96. The number of carboxylic acid groups (broad SMARTS) is 1. The van der Waals surface area contributed by atoms with Crippen molar-refractivity contribution in [2.75, 3.05) is 0 Å². The van der Waals surface area contributed by atoms with Crippen molar-refractivity contribution in [3.05, 3.63) is 59.9 Å². The molecule has 4 nitrogen and oxygen atoms in total. The highest BCUT2D eigenvalue weighted by Gasteiger charge is 2.19. The number of carbonyl (C=O) groups is 1. The molecule has 0 fully saturated rings. The molecule has 21 heavy (non-hydrogen) atoms. The van der Waals surface area contributed by atoms with Gasteiger partial charge in [-0.15, -0.1) is 11.3 Å². The summed E-state index contributed by atoms with van der Waals surface area (Å²) in [6.07, 6.45) is 1.75. The topological polar surface area (TPSA) is 63.1 Å². The second-order valence-corrected chi connectivity index (χ2v) is 5.59. The van der Waals surface area contributed by atoms with Gasteiger partial charge in [-0.2, -0.15) is 0 Å². The van der Waals surface area contributed by atoms with Gasteiger partial charge in [-0.3, -0.25) is 4.98 Å². The third-order valence-electron chi connectivity index (χ3n) is 3.00. The molecule has 3 rings (SSSR count). The van der Waals surface area contributed by atoms with Crippen molar-refractivity contribution in [1.29, 1.82) is 0 Å². The van der Waals surface area contributed by atoms with Crippen LogP contribution in [0.25, 0.3) is 21.1 Å². The van der Waals surface area contributed by atoms with E-state index in [1.807, 2.05) is 49.4 Å². The molecule has 0 amide bonds. The minimum Gasteiger partial charge on any atom is -0.476 e. The molecule has 0 aliphatic rings. The van der Waals surface area contributed by atoms with Gasteiger partial charge in [-0.05, 0) is 24.1 Å². The summed E-state index contributed by atoms with van der Waals surface area (Å²) in [5, 5.41) is 9.97. The Morgan fingerprint density at radius 3 is 2.52 bits per heavy atom. The minimum atomic E-state index is -1.02. The average Bonchev–Trinajstić information content (AvgIpc) is 2.94. The van der Waals surface area contributed by atoms with Crippen LogP contribution in [0.3, 0.4) is 0 Å². The number of carboxylic acids is 1. The van der Waals surface area contributed by atoms with E-state index in [0.29, 0.717) is 15.6 Å². The maximum absolute atomic E-state index is 11.4. The van der Waals surface area contributed by atoms with Gasteiger partial charge < -0.3 is 5.11 Å². The number of rotatable bonds is 3. The first-order valence-corrected chi connectivity index (χ1v) is 7.19. The monoisotopic (exact) mass is 296 g/mol. The number of thiazole rings is 1. The van der Waals surface area contributed by atoms with E-state index in [1.165, 1.54) is 11.3 Å². The third-order valence-corrected chi connectivity index (χ3v) is 4.12. The highest BCUT2D eigenvalue weighted by molar-refractivity contribution is 7.18. The standard InChI is InChI=1S/C16H12N2O2S/c1-10-7-8-12(17-9-10)15-18-13(16(19)20)14(21-15)11-5-3-2-4-6-11/h2-9H,1H3,(H,19,20). The van der Waals surface area contributed by atoms with Gasteiger partial charge in [-0.25, -0.2) is 9.78 Å². The number of pyridine rings is 1. The van der Waals surface area contributed by atoms with E-state index in [0.717, 1.165) is 11.1 Å². The van der Waals surface area contributed by atoms with E-state index in [4.69, 9.17) is 0 Å². The van der Waals surface area contributed by atoms with Crippen molar-refractivity contribution >= 4 is 17.3 Å². The van der Waals surface area contributed by atoms with Crippen LogP contribution in [-0.4, -0.2) is 21.0 Å². The molecule has 2 heterocycles. The summed E-state index contributed by atoms with van der Waals surface area (Å²) in [5.74, 6) is -1.02. The lowest BCUT2D eigenvalue weighted by Gasteiger charge is -1.97. The van der Waals surface area contributed by atoms with Crippen molar-refractivity contribution < 1.29 is 9.90 Å². The molecule has 0 radical (unpaired) electrons. The van der Waals surface area contributed by atoms with Gasteiger partial charge >= 0.3 is 5.97 Å². The molecule has 0 unspecified atom stereocenters. The van der Waals surface area contributed by atoms with E-state index in [2.05, 4.69) is 9.97 Å². The van der Waals surface area contributed by atoms with Gasteiger partial charge in [0.2, 0.25) is 0 Å². The van der Waals surface area contributed by atoms with E-state index < -0.39 is 5.97 Å². The fraction of sp³-hybridized carbons (Fsp3) is 0.0625. The first-order chi connectivity index (χ1) is 10.1. The second-order valence-electron chi connectivity index (χ2n) is 4.59.